The van der Waals surface area contributed by atoms with Gasteiger partial charge in [-0.15, -0.1) is 11.3 Å². The molecule has 8 rings (SSSR count). The highest BCUT2D eigenvalue weighted by Gasteiger charge is 2.42. The second kappa shape index (κ2) is 21.1. The maximum absolute atomic E-state index is 14.0. The van der Waals surface area contributed by atoms with Gasteiger partial charge in [0.2, 0.25) is 11.2 Å². The van der Waals surface area contributed by atoms with E-state index in [1.165, 1.54) is 29.0 Å². The Labute approximate surface area is 387 Å². The Kier molecular flexibility index (Phi) is 14.7. The SMILES string of the molecule is CCOc1cc(C(=O)NCc2ccc(-c3cccc(C(O)(C(=O)OCC4CCN(Cc5ccccc5)CC4)c4ccccc4)c3)s2)ccc1CNCC(O)c1ccc(O)c2[nH]c(=O)ccc12. The number of hydrogen-bond donors (Lipinski definition) is 6. The number of phenols is 1. The summed E-state index contributed by atoms with van der Waals surface area (Å²) >= 11 is 1.50. The summed E-state index contributed by atoms with van der Waals surface area (Å²) in [6.45, 7) is 6.02. The van der Waals surface area contributed by atoms with Gasteiger partial charge in [-0.2, -0.15) is 0 Å². The molecule has 0 saturated carbocycles. The molecule has 1 amide bonds. The average Bonchev–Trinajstić information content (AvgIpc) is 3.83. The van der Waals surface area contributed by atoms with Gasteiger partial charge in [0.05, 0.1) is 31.4 Å². The first-order chi connectivity index (χ1) is 32.1. The minimum atomic E-state index is -2.03. The van der Waals surface area contributed by atoms with Gasteiger partial charge in [-0.1, -0.05) is 91.0 Å². The van der Waals surface area contributed by atoms with Crippen molar-refractivity contribution in [1.29, 1.82) is 0 Å². The monoisotopic (exact) mass is 906 g/mol. The van der Waals surface area contributed by atoms with E-state index in [1.54, 1.807) is 54.6 Å². The number of aliphatic hydroxyl groups is 2. The molecule has 13 heteroatoms. The lowest BCUT2D eigenvalue weighted by atomic mass is 9.85. The minimum Gasteiger partial charge on any atom is -0.506 e. The summed E-state index contributed by atoms with van der Waals surface area (Å²) in [5.74, 6) is -0.315. The topological polar surface area (TPSA) is 173 Å². The zero-order chi connectivity index (χ0) is 46.0. The van der Waals surface area contributed by atoms with Crippen molar-refractivity contribution in [1.82, 2.24) is 20.5 Å². The maximum Gasteiger partial charge on any atom is 0.347 e. The molecule has 66 heavy (non-hydrogen) atoms. The number of benzene rings is 5. The fraction of sp³-hybridized carbons (Fsp3) is 0.264. The number of esters is 1. The molecule has 340 valence electrons. The molecule has 2 unspecified atom stereocenters. The Hall–Kier alpha value is -6.61. The fourth-order valence-electron chi connectivity index (χ4n) is 8.46. The van der Waals surface area contributed by atoms with Gasteiger partial charge in [0, 0.05) is 57.5 Å². The number of carbonyl (C=O) groups excluding carboxylic acids is 2. The van der Waals surface area contributed by atoms with Crippen molar-refractivity contribution in [2.75, 3.05) is 32.8 Å². The number of phenolic OH excluding ortho intramolecular Hbond substituents is 1. The van der Waals surface area contributed by atoms with E-state index in [2.05, 4.69) is 44.8 Å². The molecule has 1 saturated heterocycles. The van der Waals surface area contributed by atoms with Gasteiger partial charge in [-0.3, -0.25) is 14.5 Å². The first-order valence-corrected chi connectivity index (χ1v) is 23.1. The predicted octanol–water partition coefficient (Wildman–Crippen LogP) is 7.81. The number of ether oxygens (including phenoxy) is 2. The number of rotatable bonds is 18. The number of nitrogens with zero attached hydrogens (tertiary/aromatic N) is 1. The Balaban J connectivity index is 0.879. The Morgan fingerprint density at radius 3 is 2.39 bits per heavy atom. The Bertz CT molecular complexity index is 2820. The van der Waals surface area contributed by atoms with Gasteiger partial charge in [-0.25, -0.2) is 4.79 Å². The van der Waals surface area contributed by atoms with E-state index in [9.17, 15) is 29.7 Å². The van der Waals surface area contributed by atoms with Crippen LogP contribution in [0, 0.1) is 5.92 Å². The molecule has 0 aliphatic carbocycles. The van der Waals surface area contributed by atoms with Crippen LogP contribution in [-0.2, 0) is 34.8 Å². The zero-order valence-corrected chi connectivity index (χ0v) is 37.6. The number of H-pyrrole nitrogens is 1. The Morgan fingerprint density at radius 2 is 1.62 bits per heavy atom. The number of aromatic hydroxyl groups is 1. The summed E-state index contributed by atoms with van der Waals surface area (Å²) in [5, 5.41) is 40.4. The molecule has 0 bridgehead atoms. The third-order valence-electron chi connectivity index (χ3n) is 12.1. The van der Waals surface area contributed by atoms with Gasteiger partial charge in [0.15, 0.2) is 0 Å². The molecule has 3 heterocycles. The smallest absolute Gasteiger partial charge is 0.347 e. The summed E-state index contributed by atoms with van der Waals surface area (Å²) in [4.78, 5) is 46.1. The molecule has 2 aromatic heterocycles. The summed E-state index contributed by atoms with van der Waals surface area (Å²) in [7, 11) is 0. The van der Waals surface area contributed by atoms with Crippen molar-refractivity contribution in [2.45, 2.75) is 51.1 Å². The lowest BCUT2D eigenvalue weighted by molar-refractivity contribution is -0.164. The molecule has 5 aromatic carbocycles. The first kappa shape index (κ1) is 45.9. The molecule has 1 fully saturated rings. The zero-order valence-electron chi connectivity index (χ0n) is 36.7. The van der Waals surface area contributed by atoms with Crippen LogP contribution in [0.25, 0.3) is 21.3 Å². The summed E-state index contributed by atoms with van der Waals surface area (Å²) in [6, 6.07) is 41.8. The number of likely N-dealkylation sites (tertiary alicyclic amines) is 1. The molecule has 0 radical (unpaired) electrons. The molecule has 2 atom stereocenters. The molecule has 1 aliphatic rings. The van der Waals surface area contributed by atoms with Crippen LogP contribution in [0.1, 0.15) is 68.9 Å². The maximum atomic E-state index is 14.0. The molecule has 0 spiro atoms. The van der Waals surface area contributed by atoms with E-state index < -0.39 is 17.7 Å². The van der Waals surface area contributed by atoms with E-state index in [0.717, 1.165) is 53.4 Å². The number of thiophene rings is 1. The number of aromatic amines is 1. The number of hydrogen-bond acceptors (Lipinski definition) is 11. The molecule has 1 aliphatic heterocycles. The molecular formula is C53H54N4O8S. The second-order valence-corrected chi connectivity index (χ2v) is 17.8. The van der Waals surface area contributed by atoms with Crippen LogP contribution in [-0.4, -0.2) is 69.9 Å². The standard InChI is InChI=1S/C53H54N4O8S/c1-2-64-47-29-38(16-17-39(47)30-54-32-46(59)43-19-21-45(58)50-44(43)20-23-49(60)56-50)51(61)55-31-42-18-22-48(66-42)37-12-9-15-41(28-37)53(63,40-13-7-4-8-14-40)52(62)65-34-36-24-26-57(27-25-36)33-35-10-5-3-6-11-35/h3-23,28-29,36,46,54,58-59,63H,2,24-27,30-34H2,1H3,(H,55,61)(H,56,60). The normalized spacial score (nSPS) is 14.7. The first-order valence-electron chi connectivity index (χ1n) is 22.3. The molecule has 6 N–H and O–H groups in total. The minimum absolute atomic E-state index is 0.0780. The van der Waals surface area contributed by atoms with Crippen LogP contribution in [0.5, 0.6) is 11.5 Å². The Morgan fingerprint density at radius 1 is 0.864 bits per heavy atom. The van der Waals surface area contributed by atoms with Gasteiger partial charge in [-0.05, 0) is 103 Å². The van der Waals surface area contributed by atoms with Crippen molar-refractivity contribution in [3.05, 3.63) is 188 Å². The van der Waals surface area contributed by atoms with Crippen molar-refractivity contribution in [2.24, 2.45) is 5.92 Å². The van der Waals surface area contributed by atoms with E-state index >= 15 is 0 Å². The van der Waals surface area contributed by atoms with Crippen LogP contribution in [0.4, 0.5) is 0 Å². The third-order valence-corrected chi connectivity index (χ3v) is 13.2. The lowest BCUT2D eigenvalue weighted by Crippen LogP contribution is -2.40. The van der Waals surface area contributed by atoms with Crippen LogP contribution >= 0.6 is 11.3 Å². The highest BCUT2D eigenvalue weighted by atomic mass is 32.1. The highest BCUT2D eigenvalue weighted by molar-refractivity contribution is 7.15. The van der Waals surface area contributed by atoms with Gasteiger partial charge >= 0.3 is 5.97 Å². The highest BCUT2D eigenvalue weighted by Crippen LogP contribution is 2.36. The number of pyridine rings is 1. The third kappa shape index (κ3) is 10.7. The van der Waals surface area contributed by atoms with Crippen molar-refractivity contribution in [3.8, 4) is 21.9 Å². The summed E-state index contributed by atoms with van der Waals surface area (Å²) in [5.41, 5.74) is 2.59. The summed E-state index contributed by atoms with van der Waals surface area (Å²) < 4.78 is 11.9. The quantitative estimate of drug-likeness (QED) is 0.0467. The average molecular weight is 907 g/mol. The van der Waals surface area contributed by atoms with Gasteiger partial charge in [0.1, 0.15) is 11.5 Å². The number of nitrogens with one attached hydrogen (secondary N) is 3. The second-order valence-electron chi connectivity index (χ2n) is 16.6. The van der Waals surface area contributed by atoms with Crippen molar-refractivity contribution < 1.29 is 34.4 Å². The van der Waals surface area contributed by atoms with Crippen LogP contribution in [0.3, 0.4) is 0 Å². The predicted molar refractivity (Wildman–Crippen MR) is 256 cm³/mol. The number of carbonyl (C=O) groups is 2. The van der Waals surface area contributed by atoms with Crippen LogP contribution in [0.2, 0.25) is 0 Å². The number of amides is 1. The van der Waals surface area contributed by atoms with Crippen LogP contribution < -0.4 is 20.9 Å². The van der Waals surface area contributed by atoms with Crippen LogP contribution in [0.15, 0.2) is 144 Å². The van der Waals surface area contributed by atoms with E-state index in [-0.39, 0.29) is 48.3 Å². The van der Waals surface area contributed by atoms with Crippen molar-refractivity contribution >= 4 is 34.1 Å². The van der Waals surface area contributed by atoms with Gasteiger partial charge < -0.3 is 40.4 Å². The fourth-order valence-corrected chi connectivity index (χ4v) is 9.41. The molecule has 12 nitrogen and oxygen atoms in total. The number of piperidine rings is 1. The number of fused-ring (bicyclic) bond motifs is 1. The molecular weight excluding hydrogens is 853 g/mol. The summed E-state index contributed by atoms with van der Waals surface area (Å²) in [6.07, 6.45) is 0.875. The molecule has 7 aromatic rings. The lowest BCUT2D eigenvalue weighted by Gasteiger charge is -2.33. The van der Waals surface area contributed by atoms with Gasteiger partial charge in [0.25, 0.3) is 5.91 Å². The number of aliphatic hydroxyl groups excluding tert-OH is 1. The van der Waals surface area contributed by atoms with E-state index in [4.69, 9.17) is 9.47 Å². The largest absolute Gasteiger partial charge is 0.506 e. The number of aromatic nitrogens is 1. The van der Waals surface area contributed by atoms with E-state index in [1.807, 2.05) is 55.5 Å². The van der Waals surface area contributed by atoms with E-state index in [0.29, 0.717) is 46.5 Å². The van der Waals surface area contributed by atoms with Crippen molar-refractivity contribution in [3.63, 3.8) is 0 Å².